The Morgan fingerprint density at radius 2 is 1.73 bits per heavy atom. The molecule has 2 N–H and O–H groups in total. The Hall–Kier alpha value is -3.31. The summed E-state index contributed by atoms with van der Waals surface area (Å²) in [6.07, 6.45) is 3.14. The van der Waals surface area contributed by atoms with Crippen LogP contribution in [0.3, 0.4) is 0 Å². The highest BCUT2D eigenvalue weighted by Crippen LogP contribution is 2.38. The number of nitrogens with one attached hydrogen (secondary N) is 1. The molecule has 0 saturated heterocycles. The van der Waals surface area contributed by atoms with Gasteiger partial charge in [-0.15, -0.1) is 0 Å². The summed E-state index contributed by atoms with van der Waals surface area (Å²) in [5.41, 5.74) is 6.42. The Morgan fingerprint density at radius 1 is 1.03 bits per heavy atom. The molecule has 1 aliphatic heterocycles. The zero-order valence-electron chi connectivity index (χ0n) is 18.7. The summed E-state index contributed by atoms with van der Waals surface area (Å²) in [5.74, 6) is -0.0484. The molecule has 33 heavy (non-hydrogen) atoms. The first-order chi connectivity index (χ1) is 16.1. The number of fused-ring (bicyclic) bond motifs is 1. The lowest BCUT2D eigenvalue weighted by Gasteiger charge is -2.40. The Kier molecular flexibility index (Phi) is 6.05. The second-order valence-corrected chi connectivity index (χ2v) is 9.85. The van der Waals surface area contributed by atoms with Gasteiger partial charge < -0.3 is 10.0 Å². The molecule has 4 nitrogen and oxygen atoms in total. The second-order valence-electron chi connectivity index (χ2n) is 8.83. The lowest BCUT2D eigenvalue weighted by molar-refractivity contribution is 0.448. The van der Waals surface area contributed by atoms with Crippen molar-refractivity contribution in [2.24, 2.45) is 0 Å². The van der Waals surface area contributed by atoms with E-state index in [1.165, 1.54) is 22.4 Å². The average molecular weight is 457 g/mol. The third-order valence-corrected chi connectivity index (χ3v) is 7.71. The maximum absolute atomic E-state index is 11.7. The lowest BCUT2D eigenvalue weighted by Crippen LogP contribution is -2.40. The van der Waals surface area contributed by atoms with Crippen LogP contribution in [0.15, 0.2) is 83.7 Å². The van der Waals surface area contributed by atoms with Crippen LogP contribution >= 0.6 is 11.3 Å². The van der Waals surface area contributed by atoms with E-state index in [1.807, 2.05) is 6.92 Å². The number of aromatic amines is 1. The quantitative estimate of drug-likeness (QED) is 0.382. The minimum absolute atomic E-state index is 0.0103. The smallest absolute Gasteiger partial charge is 0.307 e. The highest BCUT2D eigenvalue weighted by atomic mass is 32.1. The summed E-state index contributed by atoms with van der Waals surface area (Å²) in [6, 6.07) is 28.5. The summed E-state index contributed by atoms with van der Waals surface area (Å²) in [7, 11) is 0. The second kappa shape index (κ2) is 9.28. The van der Waals surface area contributed by atoms with Gasteiger partial charge in [-0.2, -0.15) is 0 Å². The summed E-state index contributed by atoms with van der Waals surface area (Å²) in [5, 5.41) is 10.1. The fraction of sp³-hybridized carbons (Fsp3) is 0.250. The SMILES string of the molecule is CC(c1ccc2c(c1)CCC(Cc1ccccc1)N2Cc1ccccc1)c1sc(=O)[nH]c1O. The molecule has 5 rings (SSSR count). The largest absolute Gasteiger partial charge is 0.494 e. The van der Waals surface area contributed by atoms with Crippen molar-refractivity contribution >= 4 is 17.0 Å². The monoisotopic (exact) mass is 456 g/mol. The molecule has 2 atom stereocenters. The molecule has 0 spiro atoms. The molecule has 4 aromatic rings. The zero-order valence-corrected chi connectivity index (χ0v) is 19.5. The van der Waals surface area contributed by atoms with Gasteiger partial charge in [0.2, 0.25) is 5.88 Å². The van der Waals surface area contributed by atoms with E-state index >= 15 is 0 Å². The Bertz CT molecular complexity index is 1280. The number of rotatable bonds is 6. The minimum atomic E-state index is -0.217. The number of nitrogens with zero attached hydrogens (tertiary/aromatic N) is 1. The Morgan fingerprint density at radius 3 is 2.39 bits per heavy atom. The highest BCUT2D eigenvalue weighted by Gasteiger charge is 2.28. The number of aromatic hydroxyl groups is 1. The molecule has 3 aromatic carbocycles. The predicted octanol–water partition coefficient (Wildman–Crippen LogP) is 5.86. The van der Waals surface area contributed by atoms with Gasteiger partial charge >= 0.3 is 4.87 Å². The van der Waals surface area contributed by atoms with Gasteiger partial charge in [0.05, 0.1) is 4.88 Å². The zero-order chi connectivity index (χ0) is 22.8. The van der Waals surface area contributed by atoms with Gasteiger partial charge in [0.15, 0.2) is 0 Å². The van der Waals surface area contributed by atoms with Gasteiger partial charge in [0, 0.05) is 24.2 Å². The van der Waals surface area contributed by atoms with E-state index in [4.69, 9.17) is 0 Å². The van der Waals surface area contributed by atoms with Gasteiger partial charge in [0.1, 0.15) is 0 Å². The topological polar surface area (TPSA) is 56.3 Å². The van der Waals surface area contributed by atoms with Crippen LogP contribution in [0.4, 0.5) is 5.69 Å². The molecule has 5 heteroatoms. The van der Waals surface area contributed by atoms with E-state index < -0.39 is 0 Å². The molecule has 2 heterocycles. The van der Waals surface area contributed by atoms with E-state index in [2.05, 4.69) is 88.7 Å². The number of hydrogen-bond acceptors (Lipinski definition) is 4. The van der Waals surface area contributed by atoms with Crippen molar-refractivity contribution < 1.29 is 5.11 Å². The van der Waals surface area contributed by atoms with E-state index in [9.17, 15) is 9.90 Å². The Labute approximate surface area is 198 Å². The van der Waals surface area contributed by atoms with Crippen molar-refractivity contribution in [3.8, 4) is 5.88 Å². The molecule has 0 fully saturated rings. The van der Waals surface area contributed by atoms with Gasteiger partial charge in [-0.3, -0.25) is 9.78 Å². The van der Waals surface area contributed by atoms with Crippen LogP contribution in [-0.2, 0) is 19.4 Å². The van der Waals surface area contributed by atoms with Gasteiger partial charge in [-0.05, 0) is 47.6 Å². The maximum atomic E-state index is 11.7. The molecule has 0 saturated carbocycles. The molecular formula is C28H28N2O2S. The fourth-order valence-corrected chi connectivity index (χ4v) is 5.71. The predicted molar refractivity (Wildman–Crippen MR) is 135 cm³/mol. The number of hydrogen-bond donors (Lipinski definition) is 2. The van der Waals surface area contributed by atoms with Crippen molar-refractivity contribution in [1.29, 1.82) is 0 Å². The van der Waals surface area contributed by atoms with E-state index in [0.29, 0.717) is 10.9 Å². The Balaban J connectivity index is 1.48. The van der Waals surface area contributed by atoms with Crippen LogP contribution in [0.1, 0.15) is 46.4 Å². The first-order valence-corrected chi connectivity index (χ1v) is 12.3. The summed E-state index contributed by atoms with van der Waals surface area (Å²) in [6.45, 7) is 2.92. The van der Waals surface area contributed by atoms with Crippen LogP contribution in [0, 0.1) is 0 Å². The van der Waals surface area contributed by atoms with Crippen molar-refractivity contribution in [2.75, 3.05) is 4.90 Å². The third-order valence-electron chi connectivity index (χ3n) is 6.66. The van der Waals surface area contributed by atoms with Gasteiger partial charge in [-0.25, -0.2) is 0 Å². The van der Waals surface area contributed by atoms with Crippen LogP contribution in [0.2, 0.25) is 0 Å². The first-order valence-electron chi connectivity index (χ1n) is 11.5. The third kappa shape index (κ3) is 4.60. The van der Waals surface area contributed by atoms with Crippen molar-refractivity contribution in [3.05, 3.63) is 116 Å². The van der Waals surface area contributed by atoms with E-state index in [0.717, 1.165) is 42.7 Å². The number of anilines is 1. The van der Waals surface area contributed by atoms with Crippen molar-refractivity contribution in [3.63, 3.8) is 0 Å². The molecule has 0 bridgehead atoms. The van der Waals surface area contributed by atoms with E-state index in [-0.39, 0.29) is 16.7 Å². The number of H-pyrrole nitrogens is 1. The minimum Gasteiger partial charge on any atom is -0.494 e. The maximum Gasteiger partial charge on any atom is 0.307 e. The van der Waals surface area contributed by atoms with Crippen LogP contribution in [0.25, 0.3) is 0 Å². The molecule has 1 aliphatic rings. The number of thiazole rings is 1. The number of benzene rings is 3. The van der Waals surface area contributed by atoms with Gasteiger partial charge in [-0.1, -0.05) is 91.1 Å². The van der Waals surface area contributed by atoms with Crippen LogP contribution in [0.5, 0.6) is 5.88 Å². The molecule has 0 radical (unpaired) electrons. The molecule has 168 valence electrons. The van der Waals surface area contributed by atoms with Gasteiger partial charge in [0.25, 0.3) is 0 Å². The highest BCUT2D eigenvalue weighted by molar-refractivity contribution is 7.09. The number of aromatic nitrogens is 1. The molecule has 1 aromatic heterocycles. The lowest BCUT2D eigenvalue weighted by atomic mass is 9.88. The molecule has 0 amide bonds. The summed E-state index contributed by atoms with van der Waals surface area (Å²) < 4.78 is 0. The summed E-state index contributed by atoms with van der Waals surface area (Å²) >= 11 is 1.09. The normalized spacial score (nSPS) is 16.4. The van der Waals surface area contributed by atoms with E-state index in [1.54, 1.807) is 0 Å². The van der Waals surface area contributed by atoms with Crippen molar-refractivity contribution in [1.82, 2.24) is 4.98 Å². The number of aryl methyl sites for hydroxylation is 1. The van der Waals surface area contributed by atoms with Crippen molar-refractivity contribution in [2.45, 2.75) is 44.7 Å². The first kappa shape index (κ1) is 21.5. The molecular weight excluding hydrogens is 428 g/mol. The van der Waals surface area contributed by atoms with Crippen LogP contribution < -0.4 is 9.77 Å². The standard InChI is InChI=1S/C28H28N2O2S/c1-19(26-27(31)29-28(32)33-26)22-13-15-25-23(17-22)12-14-24(16-20-8-4-2-5-9-20)30(25)18-21-10-6-3-7-11-21/h2-11,13,15,17,19,24,31H,12,14,16,18H2,1H3,(H,29,32). The average Bonchev–Trinajstić information content (AvgIpc) is 3.18. The molecule has 0 aliphatic carbocycles. The fourth-order valence-electron chi connectivity index (χ4n) is 4.90. The van der Waals surface area contributed by atoms with Crippen LogP contribution in [-0.4, -0.2) is 16.1 Å². The summed E-state index contributed by atoms with van der Waals surface area (Å²) in [4.78, 5) is 17.2. The molecule has 2 unspecified atom stereocenters.